The molecule has 1 aliphatic heterocycles. The molecule has 0 radical (unpaired) electrons. The summed E-state index contributed by atoms with van der Waals surface area (Å²) in [5.41, 5.74) is 1.36. The lowest BCUT2D eigenvalue weighted by Crippen LogP contribution is -2.21. The van der Waals surface area contributed by atoms with Crippen molar-refractivity contribution in [1.82, 2.24) is 25.0 Å². The molecule has 28 heavy (non-hydrogen) atoms. The Hall–Kier alpha value is -3.49. The molecule has 0 spiro atoms. The number of aryl methyl sites for hydroxylation is 2. The predicted octanol–water partition coefficient (Wildman–Crippen LogP) is 2.56. The number of carbonyl (C=O) groups is 1. The fourth-order valence-corrected chi connectivity index (χ4v) is 3.16. The van der Waals surface area contributed by atoms with E-state index in [1.165, 1.54) is 0 Å². The highest BCUT2D eigenvalue weighted by Gasteiger charge is 2.20. The van der Waals surface area contributed by atoms with Crippen molar-refractivity contribution in [1.29, 1.82) is 0 Å². The first kappa shape index (κ1) is 17.9. The molecule has 0 aliphatic carbocycles. The first-order valence-corrected chi connectivity index (χ1v) is 9.13. The molecule has 3 aromatic rings. The molecule has 9 nitrogen and oxygen atoms in total. The van der Waals surface area contributed by atoms with E-state index in [0.29, 0.717) is 23.0 Å². The molecule has 4 heterocycles. The SMILES string of the molecule is Cc1nn(C)c(Oc2cccnc2)c1NC(=O)c1ccc(N2CCCC2)nn1. The highest BCUT2D eigenvalue weighted by molar-refractivity contribution is 6.03. The molecule has 144 valence electrons. The summed E-state index contributed by atoms with van der Waals surface area (Å²) in [6.45, 7) is 3.75. The van der Waals surface area contributed by atoms with Gasteiger partial charge in [-0.05, 0) is 44.0 Å². The second-order valence-electron chi connectivity index (χ2n) is 6.61. The molecule has 3 aromatic heterocycles. The zero-order valence-electron chi connectivity index (χ0n) is 15.8. The maximum atomic E-state index is 12.7. The van der Waals surface area contributed by atoms with Crippen LogP contribution in [0, 0.1) is 6.92 Å². The second-order valence-corrected chi connectivity index (χ2v) is 6.61. The van der Waals surface area contributed by atoms with E-state index in [2.05, 4.69) is 30.5 Å². The number of aromatic nitrogens is 5. The van der Waals surface area contributed by atoms with Gasteiger partial charge in [-0.3, -0.25) is 9.78 Å². The van der Waals surface area contributed by atoms with E-state index in [1.54, 1.807) is 49.2 Å². The number of rotatable bonds is 5. The molecule has 1 saturated heterocycles. The number of carbonyl (C=O) groups excluding carboxylic acids is 1. The third kappa shape index (κ3) is 3.64. The summed E-state index contributed by atoms with van der Waals surface area (Å²) in [5, 5.41) is 15.5. The Bertz CT molecular complexity index is 964. The van der Waals surface area contributed by atoms with Crippen molar-refractivity contribution in [2.45, 2.75) is 19.8 Å². The summed E-state index contributed by atoms with van der Waals surface area (Å²) in [5.74, 6) is 1.40. The highest BCUT2D eigenvalue weighted by Crippen LogP contribution is 2.31. The van der Waals surface area contributed by atoms with Gasteiger partial charge in [-0.2, -0.15) is 5.10 Å². The molecule has 1 N–H and O–H groups in total. The monoisotopic (exact) mass is 379 g/mol. The molecule has 0 unspecified atom stereocenters. The topological polar surface area (TPSA) is 98.1 Å². The van der Waals surface area contributed by atoms with Crippen LogP contribution in [0.15, 0.2) is 36.7 Å². The normalized spacial score (nSPS) is 13.6. The fourth-order valence-electron chi connectivity index (χ4n) is 3.16. The Morgan fingerprint density at radius 2 is 2.00 bits per heavy atom. The quantitative estimate of drug-likeness (QED) is 0.727. The van der Waals surface area contributed by atoms with Gasteiger partial charge >= 0.3 is 0 Å². The Morgan fingerprint density at radius 3 is 2.68 bits per heavy atom. The van der Waals surface area contributed by atoms with Gasteiger partial charge in [-0.15, -0.1) is 10.2 Å². The zero-order valence-corrected chi connectivity index (χ0v) is 15.8. The van der Waals surface area contributed by atoms with Crippen LogP contribution in [0.5, 0.6) is 11.6 Å². The second kappa shape index (κ2) is 7.63. The lowest BCUT2D eigenvalue weighted by atomic mass is 10.3. The van der Waals surface area contributed by atoms with Gasteiger partial charge in [0.15, 0.2) is 11.5 Å². The maximum absolute atomic E-state index is 12.7. The van der Waals surface area contributed by atoms with Crippen LogP contribution in [0.2, 0.25) is 0 Å². The number of nitrogens with one attached hydrogen (secondary N) is 1. The molecule has 4 rings (SSSR count). The summed E-state index contributed by atoms with van der Waals surface area (Å²) >= 11 is 0. The Labute approximate surface area is 162 Å². The molecule has 0 saturated carbocycles. The van der Waals surface area contributed by atoms with E-state index < -0.39 is 0 Å². The van der Waals surface area contributed by atoms with Crippen molar-refractivity contribution in [3.8, 4) is 11.6 Å². The van der Waals surface area contributed by atoms with Crippen molar-refractivity contribution in [3.05, 3.63) is 48.0 Å². The van der Waals surface area contributed by atoms with Crippen LogP contribution in [0.25, 0.3) is 0 Å². The van der Waals surface area contributed by atoms with Gasteiger partial charge in [-0.1, -0.05) is 0 Å². The zero-order chi connectivity index (χ0) is 19.5. The van der Waals surface area contributed by atoms with E-state index in [1.807, 2.05) is 6.07 Å². The highest BCUT2D eigenvalue weighted by atomic mass is 16.5. The molecule has 1 fully saturated rings. The van der Waals surface area contributed by atoms with Crippen LogP contribution in [0.1, 0.15) is 29.0 Å². The lowest BCUT2D eigenvalue weighted by molar-refractivity contribution is 0.102. The third-order valence-corrected chi connectivity index (χ3v) is 4.57. The van der Waals surface area contributed by atoms with Gasteiger partial charge in [0.2, 0.25) is 5.88 Å². The van der Waals surface area contributed by atoms with Crippen LogP contribution in [-0.4, -0.2) is 44.0 Å². The number of amides is 1. The predicted molar refractivity (Wildman–Crippen MR) is 104 cm³/mol. The first-order chi connectivity index (χ1) is 13.6. The minimum atomic E-state index is -0.368. The third-order valence-electron chi connectivity index (χ3n) is 4.57. The van der Waals surface area contributed by atoms with E-state index in [4.69, 9.17) is 4.74 Å². The first-order valence-electron chi connectivity index (χ1n) is 9.13. The number of pyridine rings is 1. The number of hydrogen-bond donors (Lipinski definition) is 1. The Morgan fingerprint density at radius 1 is 1.18 bits per heavy atom. The number of hydrogen-bond acceptors (Lipinski definition) is 7. The van der Waals surface area contributed by atoms with Crippen LogP contribution in [0.3, 0.4) is 0 Å². The fraction of sp³-hybridized carbons (Fsp3) is 0.316. The molecule has 1 aliphatic rings. The van der Waals surface area contributed by atoms with Crippen LogP contribution in [-0.2, 0) is 7.05 Å². The molecular formula is C19H21N7O2. The molecule has 9 heteroatoms. The van der Waals surface area contributed by atoms with E-state index in [-0.39, 0.29) is 11.6 Å². The lowest BCUT2D eigenvalue weighted by Gasteiger charge is -2.15. The van der Waals surface area contributed by atoms with Crippen molar-refractivity contribution in [3.63, 3.8) is 0 Å². The molecule has 0 atom stereocenters. The van der Waals surface area contributed by atoms with Gasteiger partial charge in [-0.25, -0.2) is 4.68 Å². The Kier molecular flexibility index (Phi) is 4.88. The molecule has 0 aromatic carbocycles. The van der Waals surface area contributed by atoms with Crippen molar-refractivity contribution < 1.29 is 9.53 Å². The van der Waals surface area contributed by atoms with E-state index >= 15 is 0 Å². The van der Waals surface area contributed by atoms with Gasteiger partial charge in [0.1, 0.15) is 11.4 Å². The number of nitrogens with zero attached hydrogens (tertiary/aromatic N) is 6. The minimum Gasteiger partial charge on any atom is -0.436 e. The van der Waals surface area contributed by atoms with Gasteiger partial charge in [0.25, 0.3) is 5.91 Å². The van der Waals surface area contributed by atoms with Gasteiger partial charge < -0.3 is 15.0 Å². The van der Waals surface area contributed by atoms with Crippen molar-refractivity contribution in [2.75, 3.05) is 23.3 Å². The standard InChI is InChI=1S/C19H21N7O2/c1-13-17(19(25(2)24-13)28-14-6-5-9-20-12-14)21-18(27)15-7-8-16(23-22-15)26-10-3-4-11-26/h5-9,12H,3-4,10-11H2,1-2H3,(H,21,27). The smallest absolute Gasteiger partial charge is 0.276 e. The van der Waals surface area contributed by atoms with Gasteiger partial charge in [0, 0.05) is 26.3 Å². The average molecular weight is 379 g/mol. The van der Waals surface area contributed by atoms with E-state index in [0.717, 1.165) is 31.7 Å². The largest absolute Gasteiger partial charge is 0.436 e. The average Bonchev–Trinajstić information content (AvgIpc) is 3.33. The van der Waals surface area contributed by atoms with Crippen LogP contribution < -0.4 is 15.0 Å². The summed E-state index contributed by atoms with van der Waals surface area (Å²) < 4.78 is 7.43. The van der Waals surface area contributed by atoms with Crippen molar-refractivity contribution in [2.24, 2.45) is 7.05 Å². The van der Waals surface area contributed by atoms with Crippen LogP contribution >= 0.6 is 0 Å². The molecule has 0 bridgehead atoms. The molecular weight excluding hydrogens is 358 g/mol. The summed E-state index contributed by atoms with van der Waals surface area (Å²) in [6.07, 6.45) is 5.57. The molecule has 1 amide bonds. The minimum absolute atomic E-state index is 0.235. The maximum Gasteiger partial charge on any atom is 0.276 e. The van der Waals surface area contributed by atoms with Gasteiger partial charge in [0.05, 0.1) is 11.9 Å². The number of anilines is 2. The van der Waals surface area contributed by atoms with Crippen molar-refractivity contribution >= 4 is 17.4 Å². The van der Waals surface area contributed by atoms with E-state index in [9.17, 15) is 4.79 Å². The summed E-state index contributed by atoms with van der Waals surface area (Å²) in [7, 11) is 1.75. The summed E-state index contributed by atoms with van der Waals surface area (Å²) in [4.78, 5) is 18.9. The number of ether oxygens (including phenoxy) is 1. The summed E-state index contributed by atoms with van der Waals surface area (Å²) in [6, 6.07) is 7.07. The van der Waals surface area contributed by atoms with Crippen LogP contribution in [0.4, 0.5) is 11.5 Å². The Balaban J connectivity index is 1.52.